The number of aliphatic hydroxyl groups is 2. The number of carbonyl (C=O) groups is 3. The van der Waals surface area contributed by atoms with E-state index in [2.05, 4.69) is 15.3 Å². The van der Waals surface area contributed by atoms with Crippen molar-refractivity contribution >= 4 is 18.1 Å². The zero-order chi connectivity index (χ0) is 45.8. The molecular formula is C48H51F3N8O6. The van der Waals surface area contributed by atoms with E-state index < -0.39 is 48.8 Å². The van der Waals surface area contributed by atoms with E-state index in [1.807, 2.05) is 98.6 Å². The number of aliphatic hydroxyl groups excluding tert-OH is 2. The highest BCUT2D eigenvalue weighted by atomic mass is 19.4. The van der Waals surface area contributed by atoms with Crippen molar-refractivity contribution in [3.05, 3.63) is 163 Å². The van der Waals surface area contributed by atoms with Crippen molar-refractivity contribution in [1.82, 2.24) is 39.5 Å². The summed E-state index contributed by atoms with van der Waals surface area (Å²) in [5.41, 5.74) is 5.09. The fraction of sp³-hybridized carbons (Fsp3) is 0.312. The monoisotopic (exact) mass is 892 g/mol. The van der Waals surface area contributed by atoms with Crippen LogP contribution in [0.15, 0.2) is 141 Å². The molecule has 4 N–H and O–H groups in total. The summed E-state index contributed by atoms with van der Waals surface area (Å²) in [4.78, 5) is 49.3. The van der Waals surface area contributed by atoms with Crippen LogP contribution in [-0.2, 0) is 22.6 Å². The third-order valence-corrected chi connectivity index (χ3v) is 11.3. The first-order chi connectivity index (χ1) is 31.4. The van der Waals surface area contributed by atoms with Crippen molar-refractivity contribution in [3.8, 4) is 17.1 Å². The molecule has 8 rings (SSSR count). The van der Waals surface area contributed by atoms with Crippen LogP contribution in [0, 0.1) is 5.92 Å². The van der Waals surface area contributed by atoms with Gasteiger partial charge >= 0.3 is 6.18 Å². The van der Waals surface area contributed by atoms with E-state index >= 15 is 0 Å². The Hall–Kier alpha value is -6.66. The van der Waals surface area contributed by atoms with Crippen LogP contribution < -0.4 is 15.4 Å². The number of piperazine rings is 1. The summed E-state index contributed by atoms with van der Waals surface area (Å²) >= 11 is 0. The van der Waals surface area contributed by atoms with Crippen LogP contribution in [-0.4, -0.2) is 121 Å². The highest BCUT2D eigenvalue weighted by Gasteiger charge is 2.38. The summed E-state index contributed by atoms with van der Waals surface area (Å²) in [6, 6.07) is 26.0. The molecule has 2 amide bonds. The first kappa shape index (κ1) is 46.3. The number of para-hydroxylation sites is 1. The van der Waals surface area contributed by atoms with Crippen molar-refractivity contribution in [2.24, 2.45) is 5.92 Å². The number of nitrogens with zero attached hydrogens (tertiary/aromatic N) is 6. The number of ether oxygens (including phenoxy) is 1. The molecule has 0 unspecified atom stereocenters. The topological polar surface area (TPSA) is 167 Å². The number of halogens is 3. The normalized spacial score (nSPS) is 18.5. The largest absolute Gasteiger partial charge is 0.490 e. The Bertz CT molecular complexity index is 2450. The molecule has 0 bridgehead atoms. The average molecular weight is 893 g/mol. The number of fused-ring (bicyclic) bond motifs is 1. The number of benzene rings is 2. The quantitative estimate of drug-likeness (QED) is 0.104. The van der Waals surface area contributed by atoms with Gasteiger partial charge in [-0.25, -0.2) is 0 Å². The van der Waals surface area contributed by atoms with Gasteiger partial charge in [0.15, 0.2) is 6.29 Å². The van der Waals surface area contributed by atoms with E-state index in [1.165, 1.54) is 0 Å². The van der Waals surface area contributed by atoms with Gasteiger partial charge in [-0.15, -0.1) is 0 Å². The molecular weight excluding hydrogens is 842 g/mol. The minimum Gasteiger partial charge on any atom is -0.490 e. The Balaban J connectivity index is 0.000000413. The van der Waals surface area contributed by atoms with Gasteiger partial charge in [-0.1, -0.05) is 48.5 Å². The molecule has 0 saturated carbocycles. The Morgan fingerprint density at radius 2 is 1.51 bits per heavy atom. The van der Waals surface area contributed by atoms with E-state index in [0.29, 0.717) is 42.9 Å². The molecule has 17 heteroatoms. The summed E-state index contributed by atoms with van der Waals surface area (Å²) in [6.07, 6.45) is 8.81. The summed E-state index contributed by atoms with van der Waals surface area (Å²) in [5.74, 6) is -1.30. The van der Waals surface area contributed by atoms with E-state index in [0.717, 1.165) is 28.8 Å². The van der Waals surface area contributed by atoms with Gasteiger partial charge in [-0.3, -0.25) is 34.2 Å². The van der Waals surface area contributed by atoms with Gasteiger partial charge in [-0.05, 0) is 66.4 Å². The third-order valence-electron chi connectivity index (χ3n) is 11.3. The lowest BCUT2D eigenvalue weighted by atomic mass is 9.90. The van der Waals surface area contributed by atoms with E-state index in [4.69, 9.17) is 4.74 Å². The standard InChI is InChI=1S/C38H43F3N6O5.C10H8N2O/c39-38(40,41)25-43-37(51)32-23-45(20-27-12-15-46(21-27)29-10-13-42-14-11-29)16-17-47(32)22-30(48)19-28(18-26-6-2-1-3-7-26)36(50)44-35-31-8-4-5-9-34(31)52-24-33(35)49;13-8-9-3-6-12(7-9)10-1-4-11-5-2-10/h1-15,21,28,30,32-33,35,48-49H,16-20,22-25H2,(H,43,51)(H,44,50);1-8H/t28-,30+,32+,33-,35+;/m1./s1. The lowest BCUT2D eigenvalue weighted by Crippen LogP contribution is -2.60. The molecule has 1 fully saturated rings. The maximum absolute atomic E-state index is 13.9. The molecule has 0 aliphatic carbocycles. The number of nitrogens with one attached hydrogen (secondary N) is 2. The van der Waals surface area contributed by atoms with Gasteiger partial charge in [0.25, 0.3) is 0 Å². The van der Waals surface area contributed by atoms with Crippen molar-refractivity contribution < 1.29 is 42.5 Å². The average Bonchev–Trinajstić information content (AvgIpc) is 4.01. The highest BCUT2D eigenvalue weighted by molar-refractivity contribution is 5.82. The number of rotatable bonds is 15. The van der Waals surface area contributed by atoms with Crippen LogP contribution in [0.25, 0.3) is 11.4 Å². The lowest BCUT2D eigenvalue weighted by molar-refractivity contribution is -0.143. The van der Waals surface area contributed by atoms with Crippen LogP contribution in [0.1, 0.15) is 39.5 Å². The van der Waals surface area contributed by atoms with E-state index in [1.54, 1.807) is 66.2 Å². The third kappa shape index (κ3) is 13.0. The van der Waals surface area contributed by atoms with E-state index in [9.17, 15) is 37.8 Å². The molecule has 1 saturated heterocycles. The minimum absolute atomic E-state index is 0.00821. The lowest BCUT2D eigenvalue weighted by Gasteiger charge is -2.41. The number of carbonyl (C=O) groups excluding carboxylic acids is 3. The summed E-state index contributed by atoms with van der Waals surface area (Å²) in [6.45, 7) is -0.0537. The molecule has 5 atom stereocenters. The predicted molar refractivity (Wildman–Crippen MR) is 235 cm³/mol. The van der Waals surface area contributed by atoms with Crippen molar-refractivity contribution in [1.29, 1.82) is 0 Å². The number of hydrogen-bond acceptors (Lipinski definition) is 10. The van der Waals surface area contributed by atoms with Gasteiger partial charge in [0.05, 0.1) is 12.1 Å². The highest BCUT2D eigenvalue weighted by Crippen LogP contribution is 2.32. The van der Waals surface area contributed by atoms with Crippen LogP contribution >= 0.6 is 0 Å². The Labute approximate surface area is 374 Å². The molecule has 65 heavy (non-hydrogen) atoms. The predicted octanol–water partition coefficient (Wildman–Crippen LogP) is 4.94. The number of alkyl halides is 3. The molecule has 14 nitrogen and oxygen atoms in total. The number of β-amino-alcohol motifs (C(OH)–C–C–N with tert-alkyl or cyclic N) is 1. The van der Waals surface area contributed by atoms with Gasteiger partial charge in [0.1, 0.15) is 31.0 Å². The second-order valence-corrected chi connectivity index (χ2v) is 16.1. The van der Waals surface area contributed by atoms with Gasteiger partial charge in [0, 0.05) is 111 Å². The Morgan fingerprint density at radius 1 is 0.846 bits per heavy atom. The number of hydrogen-bond donors (Lipinski definition) is 4. The zero-order valence-electron chi connectivity index (χ0n) is 35.5. The Morgan fingerprint density at radius 3 is 2.18 bits per heavy atom. The van der Waals surface area contributed by atoms with Crippen LogP contribution in [0.3, 0.4) is 0 Å². The maximum atomic E-state index is 13.9. The molecule has 4 aromatic heterocycles. The fourth-order valence-electron chi connectivity index (χ4n) is 8.07. The SMILES string of the molecule is O=C(N[C@H]1c2ccccc2OC[C@H]1O)[C@H](Cc1ccccc1)C[C@H](O)CN1CCN(Cc2ccn(-c3ccncc3)c2)C[C@H]1C(=O)NCC(F)(F)F.O=Cc1ccn(-c2ccncc2)c1. The summed E-state index contributed by atoms with van der Waals surface area (Å²) in [5, 5.41) is 27.2. The molecule has 0 spiro atoms. The summed E-state index contributed by atoms with van der Waals surface area (Å²) in [7, 11) is 0. The minimum atomic E-state index is -4.58. The Kier molecular flexibility index (Phi) is 15.6. The van der Waals surface area contributed by atoms with E-state index in [-0.39, 0.29) is 32.0 Å². The van der Waals surface area contributed by atoms with Gasteiger partial charge in [-0.2, -0.15) is 13.2 Å². The fourth-order valence-corrected chi connectivity index (χ4v) is 8.07. The van der Waals surface area contributed by atoms with Crippen molar-refractivity contribution in [3.63, 3.8) is 0 Å². The second kappa shape index (κ2) is 21.8. The van der Waals surface area contributed by atoms with Crippen molar-refractivity contribution in [2.45, 2.75) is 49.9 Å². The molecule has 2 aliphatic heterocycles. The van der Waals surface area contributed by atoms with Crippen LogP contribution in [0.5, 0.6) is 5.75 Å². The van der Waals surface area contributed by atoms with Gasteiger partial charge in [0.2, 0.25) is 11.8 Å². The van der Waals surface area contributed by atoms with Crippen LogP contribution in [0.4, 0.5) is 13.2 Å². The van der Waals surface area contributed by atoms with Gasteiger partial charge < -0.3 is 34.7 Å². The number of aromatic nitrogens is 4. The first-order valence-corrected chi connectivity index (χ1v) is 21.3. The number of aldehydes is 1. The maximum Gasteiger partial charge on any atom is 0.405 e. The molecule has 6 heterocycles. The first-order valence-electron chi connectivity index (χ1n) is 21.3. The molecule has 0 radical (unpaired) electrons. The second-order valence-electron chi connectivity index (χ2n) is 16.1. The molecule has 2 aliphatic rings. The molecule has 6 aromatic rings. The summed E-state index contributed by atoms with van der Waals surface area (Å²) < 4.78 is 48.8. The van der Waals surface area contributed by atoms with Crippen LogP contribution in [0.2, 0.25) is 0 Å². The van der Waals surface area contributed by atoms with Crippen molar-refractivity contribution in [2.75, 3.05) is 39.3 Å². The number of amides is 2. The zero-order valence-corrected chi connectivity index (χ0v) is 35.5. The number of pyridine rings is 2. The smallest absolute Gasteiger partial charge is 0.405 e. The molecule has 2 aromatic carbocycles. The molecule has 340 valence electrons.